The molecule has 0 N–H and O–H groups in total. The van der Waals surface area contributed by atoms with Gasteiger partial charge in [-0.1, -0.05) is 48.2 Å². The molecule has 0 aliphatic carbocycles. The van der Waals surface area contributed by atoms with Crippen molar-refractivity contribution in [3.05, 3.63) is 72.8 Å². The van der Waals surface area contributed by atoms with E-state index in [9.17, 15) is 0 Å². The van der Waals surface area contributed by atoms with Crippen LogP contribution in [0.5, 0.6) is 0 Å². The van der Waals surface area contributed by atoms with Gasteiger partial charge in [-0.3, -0.25) is 0 Å². The van der Waals surface area contributed by atoms with Gasteiger partial charge in [0.25, 0.3) is 0 Å². The highest BCUT2D eigenvalue weighted by Crippen LogP contribution is 2.37. The summed E-state index contributed by atoms with van der Waals surface area (Å²) in [4.78, 5) is 2.58. The minimum absolute atomic E-state index is 1.28. The van der Waals surface area contributed by atoms with Crippen molar-refractivity contribution < 1.29 is 0 Å². The number of rotatable bonds is 2. The average Bonchev–Trinajstić information content (AvgIpc) is 2.86. The van der Waals surface area contributed by atoms with Gasteiger partial charge in [0.05, 0.1) is 0 Å². The maximum absolute atomic E-state index is 2.31. The van der Waals surface area contributed by atoms with Gasteiger partial charge < -0.3 is 0 Å². The maximum Gasteiger partial charge on any atom is 0.0356 e. The van der Waals surface area contributed by atoms with Crippen LogP contribution < -0.4 is 0 Å². The number of benzene rings is 3. The molecule has 0 saturated heterocycles. The molecule has 0 amide bonds. The second-order valence-electron chi connectivity index (χ2n) is 4.67. The Bertz CT molecular complexity index is 876. The Morgan fingerprint density at radius 2 is 1.35 bits per heavy atom. The van der Waals surface area contributed by atoms with Crippen molar-refractivity contribution in [1.29, 1.82) is 0 Å². The quantitative estimate of drug-likeness (QED) is 0.423. The van der Waals surface area contributed by atoms with Gasteiger partial charge in [0.1, 0.15) is 0 Å². The number of hydrogen-bond donors (Lipinski definition) is 0. The molecule has 1 heterocycles. The van der Waals surface area contributed by atoms with Gasteiger partial charge in [0.15, 0.2) is 0 Å². The predicted octanol–water partition coefficient (Wildman–Crippen LogP) is 6.21. The Labute approximate surface area is 126 Å². The van der Waals surface area contributed by atoms with Crippen molar-refractivity contribution >= 4 is 43.3 Å². The first kappa shape index (κ1) is 12.0. The smallest absolute Gasteiger partial charge is 0.0356 e. The summed E-state index contributed by atoms with van der Waals surface area (Å²) in [5.41, 5.74) is 0. The lowest BCUT2D eigenvalue weighted by Gasteiger charge is -2.01. The summed E-state index contributed by atoms with van der Waals surface area (Å²) in [5.74, 6) is 0. The molecular formula is C18H12S2. The molecule has 0 nitrogen and oxygen atoms in total. The molecule has 20 heavy (non-hydrogen) atoms. The number of fused-ring (bicyclic) bond motifs is 3. The topological polar surface area (TPSA) is 0 Å². The van der Waals surface area contributed by atoms with Crippen molar-refractivity contribution in [2.24, 2.45) is 0 Å². The summed E-state index contributed by atoms with van der Waals surface area (Å²) in [6, 6.07) is 25.9. The van der Waals surface area contributed by atoms with Crippen LogP contribution in [0.25, 0.3) is 20.2 Å². The maximum atomic E-state index is 2.31. The molecule has 4 aromatic rings. The summed E-state index contributed by atoms with van der Waals surface area (Å²) in [7, 11) is 0. The van der Waals surface area contributed by atoms with E-state index in [1.165, 1.54) is 30.0 Å². The van der Waals surface area contributed by atoms with E-state index in [1.54, 1.807) is 0 Å². The summed E-state index contributed by atoms with van der Waals surface area (Å²) < 4.78 is 2.73. The molecule has 0 radical (unpaired) electrons. The lowest BCUT2D eigenvalue weighted by molar-refractivity contribution is 1.43. The Kier molecular flexibility index (Phi) is 2.98. The molecule has 0 fully saturated rings. The van der Waals surface area contributed by atoms with E-state index in [2.05, 4.69) is 72.8 Å². The highest BCUT2D eigenvalue weighted by atomic mass is 32.2. The predicted molar refractivity (Wildman–Crippen MR) is 89.9 cm³/mol. The lowest BCUT2D eigenvalue weighted by Crippen LogP contribution is -1.73. The van der Waals surface area contributed by atoms with E-state index >= 15 is 0 Å². The van der Waals surface area contributed by atoms with Crippen LogP contribution in [0.2, 0.25) is 0 Å². The molecule has 3 aromatic carbocycles. The molecule has 0 saturated carbocycles. The Morgan fingerprint density at radius 1 is 0.600 bits per heavy atom. The van der Waals surface area contributed by atoms with Crippen LogP contribution in [-0.2, 0) is 0 Å². The standard InChI is InChI=1S/C18H12S2/c1-2-6-13(7-3-1)19-14-10-11-18-16(12-14)15-8-4-5-9-17(15)20-18/h1-12H. The molecule has 0 aliphatic rings. The lowest BCUT2D eigenvalue weighted by atomic mass is 10.1. The molecule has 0 unspecified atom stereocenters. The van der Waals surface area contributed by atoms with Crippen LogP contribution in [0.1, 0.15) is 0 Å². The summed E-state index contributed by atoms with van der Waals surface area (Å²) >= 11 is 3.69. The zero-order chi connectivity index (χ0) is 13.4. The van der Waals surface area contributed by atoms with E-state index in [0.29, 0.717) is 0 Å². The van der Waals surface area contributed by atoms with Crippen molar-refractivity contribution in [2.75, 3.05) is 0 Å². The van der Waals surface area contributed by atoms with Crippen LogP contribution >= 0.6 is 23.1 Å². The molecule has 1 aromatic heterocycles. The molecule has 0 aliphatic heterocycles. The van der Waals surface area contributed by atoms with Crippen LogP contribution in [0.3, 0.4) is 0 Å². The van der Waals surface area contributed by atoms with Gasteiger partial charge in [-0.05, 0) is 36.4 Å². The SMILES string of the molecule is c1ccc(Sc2ccc3sc4ccccc4c3c2)cc1. The van der Waals surface area contributed by atoms with Crippen LogP contribution in [0, 0.1) is 0 Å². The Morgan fingerprint density at radius 3 is 2.25 bits per heavy atom. The van der Waals surface area contributed by atoms with Gasteiger partial charge >= 0.3 is 0 Å². The molecule has 0 spiro atoms. The summed E-state index contributed by atoms with van der Waals surface area (Å²) in [5, 5.41) is 2.73. The van der Waals surface area contributed by atoms with E-state index in [0.717, 1.165) is 0 Å². The minimum atomic E-state index is 1.28. The fraction of sp³-hybridized carbons (Fsp3) is 0. The first-order valence-corrected chi connectivity index (χ1v) is 8.18. The van der Waals surface area contributed by atoms with Gasteiger partial charge in [-0.15, -0.1) is 11.3 Å². The van der Waals surface area contributed by atoms with Crippen LogP contribution in [-0.4, -0.2) is 0 Å². The number of hydrogen-bond acceptors (Lipinski definition) is 2. The summed E-state index contributed by atoms with van der Waals surface area (Å²) in [6.45, 7) is 0. The third-order valence-corrected chi connectivity index (χ3v) is 5.48. The third-order valence-electron chi connectivity index (χ3n) is 3.33. The van der Waals surface area contributed by atoms with Crippen molar-refractivity contribution in [1.82, 2.24) is 0 Å². The van der Waals surface area contributed by atoms with Crippen molar-refractivity contribution in [3.8, 4) is 0 Å². The van der Waals surface area contributed by atoms with Crippen molar-refractivity contribution in [3.63, 3.8) is 0 Å². The van der Waals surface area contributed by atoms with Gasteiger partial charge in [-0.2, -0.15) is 0 Å². The first-order chi connectivity index (χ1) is 9.90. The monoisotopic (exact) mass is 292 g/mol. The van der Waals surface area contributed by atoms with E-state index < -0.39 is 0 Å². The highest BCUT2D eigenvalue weighted by molar-refractivity contribution is 7.99. The Balaban J connectivity index is 1.83. The molecular weight excluding hydrogens is 280 g/mol. The molecule has 2 heteroatoms. The number of thiophene rings is 1. The zero-order valence-electron chi connectivity index (χ0n) is 10.7. The summed E-state index contributed by atoms with van der Waals surface area (Å²) in [6.07, 6.45) is 0. The van der Waals surface area contributed by atoms with Crippen LogP contribution in [0.15, 0.2) is 82.6 Å². The van der Waals surface area contributed by atoms with Crippen LogP contribution in [0.4, 0.5) is 0 Å². The fourth-order valence-electron chi connectivity index (χ4n) is 2.39. The third kappa shape index (κ3) is 2.11. The fourth-order valence-corrected chi connectivity index (χ4v) is 4.36. The first-order valence-electron chi connectivity index (χ1n) is 6.54. The largest absolute Gasteiger partial charge is 0.135 e. The van der Waals surface area contributed by atoms with E-state index in [4.69, 9.17) is 0 Å². The second-order valence-corrected chi connectivity index (χ2v) is 6.90. The van der Waals surface area contributed by atoms with Crippen molar-refractivity contribution in [2.45, 2.75) is 9.79 Å². The average molecular weight is 292 g/mol. The van der Waals surface area contributed by atoms with E-state index in [1.807, 2.05) is 23.1 Å². The van der Waals surface area contributed by atoms with Gasteiger partial charge in [0.2, 0.25) is 0 Å². The van der Waals surface area contributed by atoms with Gasteiger partial charge in [-0.25, -0.2) is 0 Å². The second kappa shape index (κ2) is 4.97. The van der Waals surface area contributed by atoms with E-state index in [-0.39, 0.29) is 0 Å². The highest BCUT2D eigenvalue weighted by Gasteiger charge is 2.05. The Hall–Kier alpha value is -1.77. The zero-order valence-corrected chi connectivity index (χ0v) is 12.4. The molecule has 0 atom stereocenters. The minimum Gasteiger partial charge on any atom is -0.135 e. The normalized spacial score (nSPS) is 11.2. The molecule has 0 bridgehead atoms. The molecule has 4 rings (SSSR count). The molecule has 96 valence electrons. The van der Waals surface area contributed by atoms with Gasteiger partial charge in [0, 0.05) is 30.0 Å².